The average molecular weight is 415 g/mol. The molecule has 7 heteroatoms. The van der Waals surface area contributed by atoms with Crippen LogP contribution in [0.25, 0.3) is 22.4 Å². The zero-order chi connectivity index (χ0) is 22.5. The van der Waals surface area contributed by atoms with E-state index in [9.17, 15) is 4.79 Å². The maximum absolute atomic E-state index is 12.6. The number of aliphatic imine (C=N–C) groups is 1. The molecule has 1 amide bonds. The first-order chi connectivity index (χ1) is 14.9. The Morgan fingerprint density at radius 2 is 2.23 bits per heavy atom. The van der Waals surface area contributed by atoms with Gasteiger partial charge in [0, 0.05) is 35.7 Å². The van der Waals surface area contributed by atoms with Crippen molar-refractivity contribution < 1.29 is 4.79 Å². The van der Waals surface area contributed by atoms with Crippen LogP contribution in [-0.2, 0) is 4.79 Å². The Bertz CT molecular complexity index is 1150. The molecule has 1 fully saturated rings. The van der Waals surface area contributed by atoms with Gasteiger partial charge in [-0.1, -0.05) is 12.7 Å². The number of nitrogens with one attached hydrogen (secondary N) is 1. The van der Waals surface area contributed by atoms with Crippen molar-refractivity contribution in [2.45, 2.75) is 33.1 Å². The standard InChI is InChI=1S/C24H26N6O/c1-5-17-19-12-21(29-24(31)18-11-16(18)7-6-9-25)28-13-20(19)23(26)30-22(17)15(3)14(2)8-10-27-4/h5,8,10,12-13,16,18H,1,4,6-7,11H2,2-3H3,(H2,26,30)(H,28,29,31)/b10-8-,15-14+/t16-,18-/m0/s1. The number of nitrogen functional groups attached to an aromatic ring is 1. The summed E-state index contributed by atoms with van der Waals surface area (Å²) in [6.07, 6.45) is 8.89. The number of carbonyl (C=O) groups is 1. The maximum atomic E-state index is 12.6. The maximum Gasteiger partial charge on any atom is 0.228 e. The largest absolute Gasteiger partial charge is 0.383 e. The summed E-state index contributed by atoms with van der Waals surface area (Å²) < 4.78 is 0. The van der Waals surface area contributed by atoms with Crippen LogP contribution in [0.5, 0.6) is 0 Å². The highest BCUT2D eigenvalue weighted by atomic mass is 16.2. The Labute approximate surface area is 182 Å². The molecule has 7 nitrogen and oxygen atoms in total. The second-order valence-electron chi connectivity index (χ2n) is 7.67. The van der Waals surface area contributed by atoms with Gasteiger partial charge in [0.1, 0.15) is 11.6 Å². The number of allylic oxidation sites excluding steroid dienone is 3. The Kier molecular flexibility index (Phi) is 6.61. The van der Waals surface area contributed by atoms with Crippen LogP contribution in [-0.4, -0.2) is 22.6 Å². The van der Waals surface area contributed by atoms with Gasteiger partial charge in [-0.2, -0.15) is 5.26 Å². The number of carbonyl (C=O) groups excluding carboxylic acids is 1. The zero-order valence-corrected chi connectivity index (χ0v) is 17.9. The van der Waals surface area contributed by atoms with E-state index < -0.39 is 0 Å². The van der Waals surface area contributed by atoms with Gasteiger partial charge in [-0.15, -0.1) is 0 Å². The van der Waals surface area contributed by atoms with E-state index in [1.54, 1.807) is 18.5 Å². The van der Waals surface area contributed by atoms with E-state index in [1.165, 1.54) is 0 Å². The second-order valence-corrected chi connectivity index (χ2v) is 7.67. The monoisotopic (exact) mass is 414 g/mol. The molecule has 2 aromatic rings. The van der Waals surface area contributed by atoms with Crippen molar-refractivity contribution in [3.05, 3.63) is 47.9 Å². The minimum atomic E-state index is -0.0637. The van der Waals surface area contributed by atoms with E-state index in [2.05, 4.69) is 39.6 Å². The van der Waals surface area contributed by atoms with Crippen molar-refractivity contribution >= 4 is 46.7 Å². The smallest absolute Gasteiger partial charge is 0.228 e. The molecule has 1 aliphatic rings. The number of rotatable bonds is 8. The van der Waals surface area contributed by atoms with Gasteiger partial charge in [0.2, 0.25) is 5.91 Å². The van der Waals surface area contributed by atoms with Gasteiger partial charge >= 0.3 is 0 Å². The first kappa shape index (κ1) is 21.9. The van der Waals surface area contributed by atoms with Crippen LogP contribution >= 0.6 is 0 Å². The number of nitriles is 1. The van der Waals surface area contributed by atoms with E-state index in [0.29, 0.717) is 29.1 Å². The van der Waals surface area contributed by atoms with E-state index in [4.69, 9.17) is 11.0 Å². The number of nitrogens with two attached hydrogens (primary N) is 1. The predicted octanol–water partition coefficient (Wildman–Crippen LogP) is 4.74. The zero-order valence-electron chi connectivity index (χ0n) is 17.9. The van der Waals surface area contributed by atoms with Crippen LogP contribution in [0.1, 0.15) is 44.4 Å². The number of pyridine rings is 2. The molecule has 2 heterocycles. The number of aromatic nitrogens is 2. The van der Waals surface area contributed by atoms with Crippen molar-refractivity contribution in [1.82, 2.24) is 9.97 Å². The molecular weight excluding hydrogens is 388 g/mol. The molecule has 3 rings (SSSR count). The Morgan fingerprint density at radius 3 is 2.90 bits per heavy atom. The fourth-order valence-corrected chi connectivity index (χ4v) is 3.64. The molecule has 31 heavy (non-hydrogen) atoms. The van der Waals surface area contributed by atoms with Crippen LogP contribution in [0.4, 0.5) is 11.6 Å². The minimum Gasteiger partial charge on any atom is -0.383 e. The predicted molar refractivity (Wildman–Crippen MR) is 126 cm³/mol. The minimum absolute atomic E-state index is 0.0547. The van der Waals surface area contributed by atoms with E-state index in [-0.39, 0.29) is 17.7 Å². The average Bonchev–Trinajstić information content (AvgIpc) is 3.55. The SMILES string of the molecule is C=Cc1c(/C(C)=C(C)/C=C\N=C)nc(N)c2cnc(NC(=O)[C@H]3C[C@@H]3CCC#N)cc12. The number of nitrogens with zero attached hydrogens (tertiary/aromatic N) is 4. The first-order valence-corrected chi connectivity index (χ1v) is 10.1. The highest BCUT2D eigenvalue weighted by molar-refractivity contribution is 6.02. The van der Waals surface area contributed by atoms with Gasteiger partial charge in [0.05, 0.1) is 11.8 Å². The van der Waals surface area contributed by atoms with Crippen LogP contribution in [0.15, 0.2) is 41.7 Å². The third-order valence-electron chi connectivity index (χ3n) is 5.68. The lowest BCUT2D eigenvalue weighted by Gasteiger charge is -2.14. The van der Waals surface area contributed by atoms with E-state index in [0.717, 1.165) is 34.9 Å². The number of hydrogen-bond donors (Lipinski definition) is 2. The summed E-state index contributed by atoms with van der Waals surface area (Å²) in [6, 6.07) is 3.94. The Morgan fingerprint density at radius 1 is 1.45 bits per heavy atom. The van der Waals surface area contributed by atoms with Gasteiger partial charge < -0.3 is 11.1 Å². The highest BCUT2D eigenvalue weighted by Gasteiger charge is 2.42. The summed E-state index contributed by atoms with van der Waals surface area (Å²) in [7, 11) is 0. The summed E-state index contributed by atoms with van der Waals surface area (Å²) >= 11 is 0. The lowest BCUT2D eigenvalue weighted by molar-refractivity contribution is -0.117. The molecule has 0 aliphatic heterocycles. The molecule has 0 unspecified atom stereocenters. The van der Waals surface area contributed by atoms with E-state index in [1.807, 2.05) is 26.0 Å². The molecule has 0 spiro atoms. The fraction of sp³-hybridized carbons (Fsp3) is 0.292. The molecule has 2 atom stereocenters. The van der Waals surface area contributed by atoms with Gasteiger partial charge in [-0.3, -0.25) is 9.79 Å². The van der Waals surface area contributed by atoms with Crippen LogP contribution in [0.3, 0.4) is 0 Å². The number of anilines is 2. The summed E-state index contributed by atoms with van der Waals surface area (Å²) in [5, 5.41) is 13.1. The molecule has 1 aliphatic carbocycles. The summed E-state index contributed by atoms with van der Waals surface area (Å²) in [5.41, 5.74) is 9.67. The van der Waals surface area contributed by atoms with Crippen molar-refractivity contribution in [2.24, 2.45) is 16.8 Å². The molecule has 0 bridgehead atoms. The van der Waals surface area contributed by atoms with Crippen molar-refractivity contribution in [1.29, 1.82) is 5.26 Å². The highest BCUT2D eigenvalue weighted by Crippen LogP contribution is 2.42. The van der Waals surface area contributed by atoms with Crippen molar-refractivity contribution in [2.75, 3.05) is 11.1 Å². The van der Waals surface area contributed by atoms with Crippen LogP contribution in [0, 0.1) is 23.2 Å². The van der Waals surface area contributed by atoms with Crippen molar-refractivity contribution in [3.63, 3.8) is 0 Å². The third kappa shape index (κ3) is 4.69. The van der Waals surface area contributed by atoms with Crippen LogP contribution in [0.2, 0.25) is 0 Å². The normalized spacial score (nSPS) is 18.4. The van der Waals surface area contributed by atoms with Gasteiger partial charge in [0.15, 0.2) is 0 Å². The summed E-state index contributed by atoms with van der Waals surface area (Å²) in [4.78, 5) is 25.2. The summed E-state index contributed by atoms with van der Waals surface area (Å²) in [5.74, 6) is 0.978. The van der Waals surface area contributed by atoms with Crippen LogP contribution < -0.4 is 11.1 Å². The first-order valence-electron chi connectivity index (χ1n) is 10.1. The molecule has 1 saturated carbocycles. The molecule has 158 valence electrons. The lowest BCUT2D eigenvalue weighted by atomic mass is 9.98. The molecular formula is C24H26N6O. The summed E-state index contributed by atoms with van der Waals surface area (Å²) in [6.45, 7) is 11.3. The fourth-order valence-electron chi connectivity index (χ4n) is 3.64. The molecule has 2 aromatic heterocycles. The van der Waals surface area contributed by atoms with E-state index >= 15 is 0 Å². The van der Waals surface area contributed by atoms with Gasteiger partial charge in [-0.05, 0) is 68.0 Å². The third-order valence-corrected chi connectivity index (χ3v) is 5.68. The Hall–Kier alpha value is -3.79. The molecule has 3 N–H and O–H groups in total. The number of amides is 1. The lowest BCUT2D eigenvalue weighted by Crippen LogP contribution is -2.16. The quantitative estimate of drug-likeness (QED) is 0.478. The topological polar surface area (TPSA) is 117 Å². The van der Waals surface area contributed by atoms with Gasteiger partial charge in [0.25, 0.3) is 0 Å². The molecule has 0 saturated heterocycles. The molecule has 0 radical (unpaired) electrons. The Balaban J connectivity index is 1.97. The van der Waals surface area contributed by atoms with Gasteiger partial charge in [-0.25, -0.2) is 9.97 Å². The number of fused-ring (bicyclic) bond motifs is 1. The second kappa shape index (κ2) is 9.35. The number of hydrogen-bond acceptors (Lipinski definition) is 6. The molecule has 0 aromatic carbocycles. The van der Waals surface area contributed by atoms with Crippen molar-refractivity contribution in [3.8, 4) is 6.07 Å².